The van der Waals surface area contributed by atoms with E-state index < -0.39 is 6.04 Å². The van der Waals surface area contributed by atoms with Gasteiger partial charge in [-0.2, -0.15) is 4.98 Å². The largest absolute Gasteiger partial charge is 0.504 e. The Morgan fingerprint density at radius 1 is 1.23 bits per heavy atom. The molecule has 2 heterocycles. The number of amides is 1. The SMILES string of the molecule is CCCSc1nc2n(n1)C(c1ccc(O)c(OCC)c1)C(C(=O)Nc1cccc(C)c1C)=C(C)N2. The van der Waals surface area contributed by atoms with Crippen LogP contribution in [0.5, 0.6) is 11.5 Å². The van der Waals surface area contributed by atoms with Crippen LogP contribution in [0, 0.1) is 13.8 Å². The molecule has 1 amide bonds. The molecule has 3 N–H and O–H groups in total. The van der Waals surface area contributed by atoms with Crippen molar-refractivity contribution in [3.8, 4) is 11.5 Å². The van der Waals surface area contributed by atoms with Crippen molar-refractivity contribution in [2.24, 2.45) is 0 Å². The van der Waals surface area contributed by atoms with Crippen molar-refractivity contribution in [3.63, 3.8) is 0 Å². The standard InChI is InChI=1S/C26H31N5O3S/c1-6-13-35-26-29-25-27-17(5)22(24(33)28-19-10-8-9-15(3)16(19)4)23(31(25)30-26)18-11-12-20(32)21(14-18)34-7-2/h8-12,14,23,32H,6-7,13H2,1-5H3,(H,28,33)(H,27,29,30). The van der Waals surface area contributed by atoms with Gasteiger partial charge in [-0.25, -0.2) is 4.68 Å². The number of anilines is 2. The van der Waals surface area contributed by atoms with E-state index in [9.17, 15) is 9.90 Å². The molecule has 184 valence electrons. The van der Waals surface area contributed by atoms with Crippen LogP contribution >= 0.6 is 11.8 Å². The van der Waals surface area contributed by atoms with Gasteiger partial charge in [0.25, 0.3) is 5.91 Å². The van der Waals surface area contributed by atoms with Crippen LogP contribution in [0.2, 0.25) is 0 Å². The summed E-state index contributed by atoms with van der Waals surface area (Å²) < 4.78 is 7.37. The lowest BCUT2D eigenvalue weighted by Gasteiger charge is -2.29. The summed E-state index contributed by atoms with van der Waals surface area (Å²) in [6.45, 7) is 10.2. The van der Waals surface area contributed by atoms with Crippen LogP contribution in [0.15, 0.2) is 52.8 Å². The van der Waals surface area contributed by atoms with Crippen LogP contribution in [0.25, 0.3) is 0 Å². The number of aromatic nitrogens is 3. The van der Waals surface area contributed by atoms with Crippen molar-refractivity contribution in [2.45, 2.75) is 52.2 Å². The number of carbonyl (C=O) groups excluding carboxylic acids is 1. The molecule has 2 aromatic carbocycles. The second-order valence-corrected chi connectivity index (χ2v) is 9.50. The maximum Gasteiger partial charge on any atom is 0.255 e. The number of phenolic OH excluding ortho intramolecular Hbond substituents is 1. The minimum absolute atomic E-state index is 0.0460. The molecule has 0 radical (unpaired) electrons. The van der Waals surface area contributed by atoms with E-state index in [1.54, 1.807) is 34.6 Å². The van der Waals surface area contributed by atoms with Crippen molar-refractivity contribution < 1.29 is 14.6 Å². The molecule has 0 saturated carbocycles. The average Bonchev–Trinajstić information content (AvgIpc) is 3.23. The molecule has 1 unspecified atom stereocenters. The van der Waals surface area contributed by atoms with E-state index in [0.717, 1.165) is 34.6 Å². The van der Waals surface area contributed by atoms with Crippen LogP contribution in [0.4, 0.5) is 11.6 Å². The Kier molecular flexibility index (Phi) is 7.35. The number of hydrogen-bond acceptors (Lipinski definition) is 7. The third-order valence-corrected chi connectivity index (χ3v) is 7.01. The van der Waals surface area contributed by atoms with E-state index in [-0.39, 0.29) is 11.7 Å². The minimum Gasteiger partial charge on any atom is -0.504 e. The second kappa shape index (κ2) is 10.4. The molecular formula is C26H31N5O3S. The molecule has 4 rings (SSSR count). The summed E-state index contributed by atoms with van der Waals surface area (Å²) in [7, 11) is 0. The molecule has 9 heteroatoms. The van der Waals surface area contributed by atoms with Crippen molar-refractivity contribution in [2.75, 3.05) is 23.0 Å². The maximum absolute atomic E-state index is 13.7. The number of allylic oxidation sites excluding steroid dienone is 1. The van der Waals surface area contributed by atoms with Crippen molar-refractivity contribution in [3.05, 3.63) is 64.4 Å². The number of thioether (sulfide) groups is 1. The smallest absolute Gasteiger partial charge is 0.255 e. The fourth-order valence-corrected chi connectivity index (χ4v) is 4.72. The monoisotopic (exact) mass is 493 g/mol. The van der Waals surface area contributed by atoms with Crippen LogP contribution < -0.4 is 15.4 Å². The lowest BCUT2D eigenvalue weighted by atomic mass is 9.94. The molecule has 1 aliphatic rings. The van der Waals surface area contributed by atoms with Gasteiger partial charge in [-0.05, 0) is 69.0 Å². The van der Waals surface area contributed by atoms with Crippen molar-refractivity contribution in [1.29, 1.82) is 0 Å². The van der Waals surface area contributed by atoms with Crippen LogP contribution in [-0.2, 0) is 4.79 Å². The summed E-state index contributed by atoms with van der Waals surface area (Å²) in [5.41, 5.74) is 4.85. The number of benzene rings is 2. The molecule has 8 nitrogen and oxygen atoms in total. The average molecular weight is 494 g/mol. The third kappa shape index (κ3) is 5.00. The Morgan fingerprint density at radius 3 is 2.77 bits per heavy atom. The maximum atomic E-state index is 13.7. The quantitative estimate of drug-likeness (QED) is 0.360. The van der Waals surface area contributed by atoms with Gasteiger partial charge in [-0.3, -0.25) is 4.79 Å². The summed E-state index contributed by atoms with van der Waals surface area (Å²) in [6.07, 6.45) is 1.00. The zero-order valence-corrected chi connectivity index (χ0v) is 21.5. The van der Waals surface area contributed by atoms with Gasteiger partial charge in [0.05, 0.1) is 12.2 Å². The highest BCUT2D eigenvalue weighted by molar-refractivity contribution is 7.99. The number of aryl methyl sites for hydroxylation is 1. The number of ether oxygens (including phenoxy) is 1. The predicted molar refractivity (Wildman–Crippen MR) is 139 cm³/mol. The van der Waals surface area contributed by atoms with Gasteiger partial charge in [-0.1, -0.05) is 36.9 Å². The number of aromatic hydroxyl groups is 1. The van der Waals surface area contributed by atoms with Gasteiger partial charge < -0.3 is 20.5 Å². The van der Waals surface area contributed by atoms with Crippen LogP contribution in [0.1, 0.15) is 49.9 Å². The highest BCUT2D eigenvalue weighted by atomic mass is 32.2. The van der Waals surface area contributed by atoms with Crippen molar-refractivity contribution in [1.82, 2.24) is 14.8 Å². The zero-order chi connectivity index (χ0) is 25.1. The number of hydrogen-bond donors (Lipinski definition) is 3. The molecule has 0 spiro atoms. The number of nitrogens with one attached hydrogen (secondary N) is 2. The van der Waals surface area contributed by atoms with Gasteiger partial charge in [0.2, 0.25) is 11.1 Å². The first kappa shape index (κ1) is 24.7. The lowest BCUT2D eigenvalue weighted by Crippen LogP contribution is -2.31. The number of nitrogens with zero attached hydrogens (tertiary/aromatic N) is 3. The van der Waals surface area contributed by atoms with Gasteiger partial charge in [0.15, 0.2) is 11.5 Å². The van der Waals surface area contributed by atoms with E-state index in [1.165, 1.54) is 0 Å². The fraction of sp³-hybridized carbons (Fsp3) is 0.346. The first-order valence-corrected chi connectivity index (χ1v) is 12.7. The molecular weight excluding hydrogens is 462 g/mol. The summed E-state index contributed by atoms with van der Waals surface area (Å²) in [5, 5.41) is 22.0. The first-order valence-electron chi connectivity index (χ1n) is 11.7. The molecule has 0 fully saturated rings. The number of phenols is 1. The Hall–Kier alpha value is -3.46. The zero-order valence-electron chi connectivity index (χ0n) is 20.7. The third-order valence-electron chi connectivity index (χ3n) is 5.97. The molecule has 1 aromatic heterocycles. The summed E-state index contributed by atoms with van der Waals surface area (Å²) >= 11 is 1.58. The van der Waals surface area contributed by atoms with Gasteiger partial charge >= 0.3 is 0 Å². The van der Waals surface area contributed by atoms with Gasteiger partial charge in [-0.15, -0.1) is 5.10 Å². The normalized spacial score (nSPS) is 14.9. The molecule has 3 aromatic rings. The Morgan fingerprint density at radius 2 is 2.03 bits per heavy atom. The Labute approximate surface area is 209 Å². The highest BCUT2D eigenvalue weighted by Gasteiger charge is 2.35. The van der Waals surface area contributed by atoms with E-state index in [2.05, 4.69) is 22.5 Å². The van der Waals surface area contributed by atoms with Gasteiger partial charge in [0.1, 0.15) is 6.04 Å². The summed E-state index contributed by atoms with van der Waals surface area (Å²) in [4.78, 5) is 18.4. The van der Waals surface area contributed by atoms with Crippen LogP contribution in [0.3, 0.4) is 0 Å². The molecule has 1 aliphatic heterocycles. The van der Waals surface area contributed by atoms with Gasteiger partial charge in [0, 0.05) is 17.1 Å². The Balaban J connectivity index is 1.80. The highest BCUT2D eigenvalue weighted by Crippen LogP contribution is 2.39. The second-order valence-electron chi connectivity index (χ2n) is 8.44. The Bertz CT molecular complexity index is 1280. The minimum atomic E-state index is -0.556. The van der Waals surface area contributed by atoms with E-state index in [4.69, 9.17) is 9.84 Å². The summed E-state index contributed by atoms with van der Waals surface area (Å²) in [5.74, 6) is 1.64. The predicted octanol–water partition coefficient (Wildman–Crippen LogP) is 5.43. The van der Waals surface area contributed by atoms with E-state index >= 15 is 0 Å². The molecule has 35 heavy (non-hydrogen) atoms. The number of fused-ring (bicyclic) bond motifs is 1. The molecule has 0 bridgehead atoms. The molecule has 0 saturated heterocycles. The fourth-order valence-electron chi connectivity index (χ4n) is 4.04. The number of rotatable bonds is 8. The lowest BCUT2D eigenvalue weighted by molar-refractivity contribution is -0.113. The first-order chi connectivity index (χ1) is 16.8. The van der Waals surface area contributed by atoms with Crippen molar-refractivity contribution >= 4 is 29.3 Å². The summed E-state index contributed by atoms with van der Waals surface area (Å²) in [6, 6.07) is 10.4. The molecule has 0 aliphatic carbocycles. The van der Waals surface area contributed by atoms with E-state index in [0.29, 0.717) is 34.7 Å². The molecule has 1 atom stereocenters. The number of carbonyl (C=O) groups is 1. The van der Waals surface area contributed by atoms with E-state index in [1.807, 2.05) is 45.9 Å². The van der Waals surface area contributed by atoms with Crippen LogP contribution in [-0.4, -0.2) is 38.1 Å². The topological polar surface area (TPSA) is 101 Å².